The van der Waals surface area contributed by atoms with E-state index in [-0.39, 0.29) is 17.2 Å². The topological polar surface area (TPSA) is 72.0 Å². The highest BCUT2D eigenvalue weighted by atomic mass is 32.2. The summed E-state index contributed by atoms with van der Waals surface area (Å²) in [6.45, 7) is 1.82. The van der Waals surface area contributed by atoms with Gasteiger partial charge in [-0.2, -0.15) is 5.10 Å². The average molecular weight is 405 g/mol. The molecule has 0 unspecified atom stereocenters. The maximum atomic E-state index is 13.2. The molecule has 2 heterocycles. The van der Waals surface area contributed by atoms with Crippen LogP contribution < -0.4 is 10.5 Å². The number of rotatable bonds is 4. The van der Waals surface area contributed by atoms with Crippen LogP contribution in [0, 0.1) is 6.92 Å². The summed E-state index contributed by atoms with van der Waals surface area (Å²) in [5.41, 5.74) is 2.34. The number of para-hydroxylation sites is 1. The van der Waals surface area contributed by atoms with Crippen molar-refractivity contribution in [2.45, 2.75) is 6.92 Å². The molecule has 1 aliphatic heterocycles. The summed E-state index contributed by atoms with van der Waals surface area (Å²) in [5, 5.41) is 8.73. The Morgan fingerprint density at radius 2 is 1.66 bits per heavy atom. The third-order valence-corrected chi connectivity index (χ3v) is 5.58. The van der Waals surface area contributed by atoms with Gasteiger partial charge in [0.25, 0.3) is 5.56 Å². The maximum Gasteiger partial charge on any atom is 0.296 e. The van der Waals surface area contributed by atoms with Crippen molar-refractivity contribution < 1.29 is 4.79 Å². The minimum atomic E-state index is -0.271. The first-order chi connectivity index (χ1) is 14.1. The molecule has 2 aromatic carbocycles. The summed E-state index contributed by atoms with van der Waals surface area (Å²) in [5.74, 6) is 0.0355. The predicted octanol–water partition coefficient (Wildman–Crippen LogP) is 2.95. The number of aromatic nitrogens is 2. The van der Waals surface area contributed by atoms with Gasteiger partial charge in [0.05, 0.1) is 23.3 Å². The zero-order chi connectivity index (χ0) is 20.4. The molecule has 0 bridgehead atoms. The summed E-state index contributed by atoms with van der Waals surface area (Å²) in [4.78, 5) is 27.2. The maximum absolute atomic E-state index is 13.2. The molecule has 0 saturated carbocycles. The number of benzene rings is 2. The second-order valence-electron chi connectivity index (χ2n) is 6.47. The number of carbonyl (C=O) groups is 1. The van der Waals surface area contributed by atoms with E-state index >= 15 is 0 Å². The van der Waals surface area contributed by atoms with Gasteiger partial charge in [-0.1, -0.05) is 60.3 Å². The van der Waals surface area contributed by atoms with Gasteiger partial charge in [0.15, 0.2) is 5.17 Å². The smallest absolute Gasteiger partial charge is 0.283 e. The molecule has 4 rings (SSSR count). The lowest BCUT2D eigenvalue weighted by atomic mass is 10.2. The molecule has 0 aliphatic carbocycles. The first-order valence-electron chi connectivity index (χ1n) is 9.04. The van der Waals surface area contributed by atoms with Crippen molar-refractivity contribution in [3.8, 4) is 5.69 Å². The van der Waals surface area contributed by atoms with E-state index in [0.717, 1.165) is 11.3 Å². The Morgan fingerprint density at radius 3 is 2.34 bits per heavy atom. The minimum Gasteiger partial charge on any atom is -0.283 e. The van der Waals surface area contributed by atoms with Crippen molar-refractivity contribution >= 4 is 34.7 Å². The van der Waals surface area contributed by atoms with E-state index in [1.54, 1.807) is 22.6 Å². The van der Waals surface area contributed by atoms with Gasteiger partial charge in [0.2, 0.25) is 5.91 Å². The highest BCUT2D eigenvalue weighted by Crippen LogP contribution is 2.28. The Kier molecular flexibility index (Phi) is 5.18. The van der Waals surface area contributed by atoms with Crippen LogP contribution in [-0.2, 0) is 11.8 Å². The van der Waals surface area contributed by atoms with Crippen molar-refractivity contribution in [2.24, 2.45) is 17.3 Å². The Labute approximate surface area is 172 Å². The van der Waals surface area contributed by atoms with Crippen LogP contribution >= 0.6 is 11.8 Å². The molecular weight excluding hydrogens is 386 g/mol. The van der Waals surface area contributed by atoms with Crippen molar-refractivity contribution in [3.63, 3.8) is 0 Å². The van der Waals surface area contributed by atoms with Crippen molar-refractivity contribution in [3.05, 3.63) is 82.3 Å². The first-order valence-corrected chi connectivity index (χ1v) is 10.0. The lowest BCUT2D eigenvalue weighted by molar-refractivity contribution is -0.115. The Bertz CT molecular complexity index is 1160. The van der Waals surface area contributed by atoms with Crippen LogP contribution in [0.15, 0.2) is 75.7 Å². The quantitative estimate of drug-likeness (QED) is 0.495. The fraction of sp³-hybridized carbons (Fsp3) is 0.143. The zero-order valence-corrected chi connectivity index (χ0v) is 16.8. The van der Waals surface area contributed by atoms with E-state index in [9.17, 15) is 9.59 Å². The Balaban J connectivity index is 1.75. The van der Waals surface area contributed by atoms with Gasteiger partial charge >= 0.3 is 0 Å². The molecule has 1 aromatic heterocycles. The van der Waals surface area contributed by atoms with E-state index in [1.165, 1.54) is 16.7 Å². The molecule has 0 spiro atoms. The molecule has 0 N–H and O–H groups in total. The molecule has 3 aromatic rings. The van der Waals surface area contributed by atoms with Crippen LogP contribution in [0.4, 0.5) is 5.69 Å². The second kappa shape index (κ2) is 7.92. The van der Waals surface area contributed by atoms with E-state index in [4.69, 9.17) is 0 Å². The number of anilines is 1. The fourth-order valence-corrected chi connectivity index (χ4v) is 3.96. The molecule has 7 nitrogen and oxygen atoms in total. The van der Waals surface area contributed by atoms with Crippen LogP contribution in [0.25, 0.3) is 5.69 Å². The van der Waals surface area contributed by atoms with E-state index in [0.29, 0.717) is 16.5 Å². The number of carbonyl (C=O) groups excluding carboxylic acids is 1. The van der Waals surface area contributed by atoms with Gasteiger partial charge in [0, 0.05) is 7.05 Å². The Hall–Kier alpha value is -3.39. The normalized spacial score (nSPS) is 15.7. The zero-order valence-electron chi connectivity index (χ0n) is 16.0. The molecule has 1 fully saturated rings. The molecule has 29 heavy (non-hydrogen) atoms. The number of amides is 1. The van der Waals surface area contributed by atoms with E-state index in [2.05, 4.69) is 10.2 Å². The summed E-state index contributed by atoms with van der Waals surface area (Å²) in [7, 11) is 1.80. The molecule has 0 radical (unpaired) electrons. The van der Waals surface area contributed by atoms with Crippen LogP contribution in [0.1, 0.15) is 11.3 Å². The Morgan fingerprint density at radius 1 is 1.00 bits per heavy atom. The molecule has 8 heteroatoms. The number of amidine groups is 1. The van der Waals surface area contributed by atoms with Crippen LogP contribution in [0.3, 0.4) is 0 Å². The van der Waals surface area contributed by atoms with Gasteiger partial charge < -0.3 is 0 Å². The number of hydrogen-bond donors (Lipinski definition) is 0. The van der Waals surface area contributed by atoms with Gasteiger partial charge in [0.1, 0.15) is 5.69 Å². The number of hydrogen-bond acceptors (Lipinski definition) is 5. The summed E-state index contributed by atoms with van der Waals surface area (Å²) >= 11 is 1.27. The van der Waals surface area contributed by atoms with E-state index in [1.807, 2.05) is 67.6 Å². The highest BCUT2D eigenvalue weighted by molar-refractivity contribution is 8.15. The average Bonchev–Trinajstić information content (AvgIpc) is 3.20. The van der Waals surface area contributed by atoms with Crippen molar-refractivity contribution in [2.75, 3.05) is 10.7 Å². The van der Waals surface area contributed by atoms with Crippen molar-refractivity contribution in [1.29, 1.82) is 0 Å². The highest BCUT2D eigenvalue weighted by Gasteiger charge is 2.35. The molecule has 146 valence electrons. The van der Waals surface area contributed by atoms with Gasteiger partial charge in [-0.25, -0.2) is 9.58 Å². The third-order valence-electron chi connectivity index (χ3n) is 4.66. The van der Waals surface area contributed by atoms with Crippen LogP contribution in [0.5, 0.6) is 0 Å². The van der Waals surface area contributed by atoms with Gasteiger partial charge in [-0.05, 0) is 24.6 Å². The first kappa shape index (κ1) is 18.9. The van der Waals surface area contributed by atoms with E-state index < -0.39 is 0 Å². The predicted molar refractivity (Wildman–Crippen MR) is 117 cm³/mol. The number of thioether (sulfide) groups is 1. The van der Waals surface area contributed by atoms with Gasteiger partial charge in [-0.3, -0.25) is 14.3 Å². The summed E-state index contributed by atoms with van der Waals surface area (Å²) in [6, 6.07) is 18.9. The lowest BCUT2D eigenvalue weighted by Crippen LogP contribution is -2.34. The fourth-order valence-electron chi connectivity index (χ4n) is 3.15. The monoisotopic (exact) mass is 405 g/mol. The standard InChI is InChI=1S/C21H19N5O2S/c1-15-19(20(28)26(24(15)2)17-11-7-4-8-12-17)25-18(27)14-29-21(25)23-22-13-16-9-5-3-6-10-16/h3-13H,14H2,1-2H3. The molecule has 0 atom stereocenters. The van der Waals surface area contributed by atoms with Gasteiger partial charge in [-0.15, -0.1) is 5.10 Å². The second-order valence-corrected chi connectivity index (χ2v) is 7.41. The largest absolute Gasteiger partial charge is 0.296 e. The number of nitrogens with zero attached hydrogens (tertiary/aromatic N) is 5. The molecule has 1 aliphatic rings. The summed E-state index contributed by atoms with van der Waals surface area (Å²) in [6.07, 6.45) is 1.62. The minimum absolute atomic E-state index is 0.185. The third kappa shape index (κ3) is 3.54. The molecule has 1 amide bonds. The summed E-state index contributed by atoms with van der Waals surface area (Å²) < 4.78 is 3.29. The van der Waals surface area contributed by atoms with Crippen LogP contribution in [0.2, 0.25) is 0 Å². The van der Waals surface area contributed by atoms with Crippen molar-refractivity contribution in [1.82, 2.24) is 9.36 Å². The van der Waals surface area contributed by atoms with Crippen LogP contribution in [-0.4, -0.2) is 32.4 Å². The SMILES string of the molecule is Cc1c(N2C(=O)CSC2=NN=Cc2ccccc2)c(=O)n(-c2ccccc2)n1C. The molecule has 1 saturated heterocycles. The molecular formula is C21H19N5O2S. The lowest BCUT2D eigenvalue weighted by Gasteiger charge is -2.13.